The van der Waals surface area contributed by atoms with Gasteiger partial charge in [0, 0.05) is 18.5 Å². The van der Waals surface area contributed by atoms with Crippen LogP contribution in [0, 0.1) is 6.92 Å². The summed E-state index contributed by atoms with van der Waals surface area (Å²) in [7, 11) is 0. The molecule has 3 aromatic rings. The number of piperidine rings is 1. The highest BCUT2D eigenvalue weighted by molar-refractivity contribution is 7.09. The van der Waals surface area contributed by atoms with Gasteiger partial charge in [0.05, 0.1) is 23.0 Å². The Kier molecular flexibility index (Phi) is 6.98. The Morgan fingerprint density at radius 1 is 1.17 bits per heavy atom. The fraction of sp³-hybridized carbons (Fsp3) is 0.435. The Bertz CT molecular complexity index is 855. The van der Waals surface area contributed by atoms with Gasteiger partial charge in [0.15, 0.2) is 0 Å². The highest BCUT2D eigenvalue weighted by Gasteiger charge is 2.23. The van der Waals surface area contributed by atoms with Crippen LogP contribution in [0.25, 0.3) is 0 Å². The van der Waals surface area contributed by atoms with Crippen molar-refractivity contribution in [1.82, 2.24) is 15.2 Å². The molecule has 1 aliphatic heterocycles. The van der Waals surface area contributed by atoms with Crippen molar-refractivity contribution >= 4 is 11.3 Å². The quantitative estimate of drug-likeness (QED) is 0.540. The summed E-state index contributed by atoms with van der Waals surface area (Å²) in [6.45, 7) is 6.54. The third kappa shape index (κ3) is 5.69. The second-order valence-corrected chi connectivity index (χ2v) is 8.61. The number of ether oxygens (including phenoxy) is 1. The van der Waals surface area contributed by atoms with Gasteiger partial charge in [-0.25, -0.2) is 4.98 Å². The Balaban J connectivity index is 1.27. The normalized spacial score (nSPS) is 16.0. The number of benzene rings is 1. The van der Waals surface area contributed by atoms with Gasteiger partial charge in [-0.3, -0.25) is 4.90 Å². The number of likely N-dealkylation sites (tertiary alicyclic amines) is 1. The molecule has 29 heavy (non-hydrogen) atoms. The van der Waals surface area contributed by atoms with E-state index in [9.17, 15) is 0 Å². The first kappa shape index (κ1) is 20.1. The van der Waals surface area contributed by atoms with Crippen LogP contribution in [0.5, 0.6) is 5.75 Å². The molecule has 3 heterocycles. The maximum atomic E-state index is 5.84. The summed E-state index contributed by atoms with van der Waals surface area (Å²) < 4.78 is 11.6. The average Bonchev–Trinajstić information content (AvgIpc) is 3.43. The van der Waals surface area contributed by atoms with Crippen LogP contribution < -0.4 is 10.1 Å². The van der Waals surface area contributed by atoms with Crippen molar-refractivity contribution in [1.29, 1.82) is 0 Å². The number of nitrogens with zero attached hydrogens (tertiary/aromatic N) is 2. The zero-order valence-electron chi connectivity index (χ0n) is 17.0. The van der Waals surface area contributed by atoms with Gasteiger partial charge in [0.25, 0.3) is 0 Å². The third-order valence-corrected chi connectivity index (χ3v) is 6.17. The largest absolute Gasteiger partial charge is 0.487 e. The minimum absolute atomic E-state index is 0.300. The number of thiazole rings is 1. The van der Waals surface area contributed by atoms with Crippen LogP contribution in [0.3, 0.4) is 0 Å². The number of aryl methyl sites for hydroxylation is 1. The highest BCUT2D eigenvalue weighted by atomic mass is 32.1. The topological polar surface area (TPSA) is 50.5 Å². The van der Waals surface area contributed by atoms with Crippen molar-refractivity contribution in [3.63, 3.8) is 0 Å². The van der Waals surface area contributed by atoms with Gasteiger partial charge in [-0.15, -0.1) is 11.3 Å². The number of furan rings is 1. The van der Waals surface area contributed by atoms with E-state index in [1.54, 1.807) is 17.6 Å². The minimum atomic E-state index is 0.300. The molecule has 6 heteroatoms. The lowest BCUT2D eigenvalue weighted by molar-refractivity contribution is 0.142. The molecule has 1 unspecified atom stereocenters. The summed E-state index contributed by atoms with van der Waals surface area (Å²) in [6.07, 6.45) is 5.67. The van der Waals surface area contributed by atoms with Gasteiger partial charge in [0.1, 0.15) is 18.1 Å². The Morgan fingerprint density at radius 2 is 2.00 bits per heavy atom. The fourth-order valence-corrected chi connectivity index (χ4v) is 4.41. The molecule has 0 bridgehead atoms. The van der Waals surface area contributed by atoms with E-state index in [2.05, 4.69) is 33.4 Å². The summed E-state index contributed by atoms with van der Waals surface area (Å²) in [6, 6.07) is 12.7. The maximum Gasteiger partial charge on any atom is 0.131 e. The van der Waals surface area contributed by atoms with Crippen molar-refractivity contribution in [3.05, 3.63) is 70.1 Å². The molecule has 4 rings (SSSR count). The lowest BCUT2D eigenvalue weighted by atomic mass is 10.1. The molecule has 0 aliphatic carbocycles. The van der Waals surface area contributed by atoms with E-state index >= 15 is 0 Å². The number of hydrogen-bond donors (Lipinski definition) is 1. The molecule has 0 amide bonds. The lowest BCUT2D eigenvalue weighted by Gasteiger charge is -2.33. The van der Waals surface area contributed by atoms with Crippen LogP contribution in [0.2, 0.25) is 0 Å². The van der Waals surface area contributed by atoms with Crippen LogP contribution in [-0.4, -0.2) is 29.5 Å². The summed E-state index contributed by atoms with van der Waals surface area (Å²) >= 11 is 1.65. The molecule has 0 spiro atoms. The summed E-state index contributed by atoms with van der Waals surface area (Å²) in [5, 5.41) is 6.74. The first-order valence-corrected chi connectivity index (χ1v) is 11.3. The molecule has 1 fully saturated rings. The second kappa shape index (κ2) is 10.1. The smallest absolute Gasteiger partial charge is 0.131 e. The zero-order valence-corrected chi connectivity index (χ0v) is 17.8. The summed E-state index contributed by atoms with van der Waals surface area (Å²) in [5.74, 6) is 1.93. The lowest BCUT2D eigenvalue weighted by Crippen LogP contribution is -2.38. The first-order chi connectivity index (χ1) is 14.3. The predicted octanol–water partition coefficient (Wildman–Crippen LogP) is 4.94. The molecule has 0 saturated carbocycles. The monoisotopic (exact) mass is 411 g/mol. The van der Waals surface area contributed by atoms with Crippen molar-refractivity contribution in [2.24, 2.45) is 0 Å². The average molecular weight is 412 g/mol. The van der Waals surface area contributed by atoms with Gasteiger partial charge in [-0.05, 0) is 62.7 Å². The van der Waals surface area contributed by atoms with Gasteiger partial charge >= 0.3 is 0 Å². The van der Waals surface area contributed by atoms with Crippen LogP contribution in [0.4, 0.5) is 0 Å². The number of aromatic nitrogens is 1. The third-order valence-electron chi connectivity index (χ3n) is 5.35. The molecular formula is C23H29N3O2S. The SMILES string of the molecule is Cc1nc(COc2ccc(CNCC(c3ccco3)N3CCCCC3)cc2)cs1. The zero-order chi connectivity index (χ0) is 19.9. The molecule has 0 radical (unpaired) electrons. The van der Waals surface area contributed by atoms with Crippen LogP contribution in [-0.2, 0) is 13.2 Å². The first-order valence-electron chi connectivity index (χ1n) is 10.4. The minimum Gasteiger partial charge on any atom is -0.487 e. The Hall–Kier alpha value is -2.15. The summed E-state index contributed by atoms with van der Waals surface area (Å²) in [4.78, 5) is 6.98. The van der Waals surface area contributed by atoms with E-state index in [1.165, 1.54) is 24.8 Å². The maximum absolute atomic E-state index is 5.84. The Labute approximate surface area is 176 Å². The van der Waals surface area contributed by atoms with Gasteiger partial charge in [0.2, 0.25) is 0 Å². The fourth-order valence-electron chi connectivity index (χ4n) is 3.81. The molecule has 154 valence electrons. The van der Waals surface area contributed by atoms with E-state index < -0.39 is 0 Å². The van der Waals surface area contributed by atoms with Crippen molar-refractivity contribution in [3.8, 4) is 5.75 Å². The second-order valence-electron chi connectivity index (χ2n) is 7.55. The number of hydrogen-bond acceptors (Lipinski definition) is 6. The summed E-state index contributed by atoms with van der Waals surface area (Å²) in [5.41, 5.74) is 2.23. The predicted molar refractivity (Wildman–Crippen MR) is 116 cm³/mol. The van der Waals surface area contributed by atoms with Crippen molar-refractivity contribution < 1.29 is 9.15 Å². The Morgan fingerprint density at radius 3 is 2.69 bits per heavy atom. The molecular weight excluding hydrogens is 382 g/mol. The van der Waals surface area contributed by atoms with E-state index in [1.807, 2.05) is 30.5 Å². The van der Waals surface area contributed by atoms with Gasteiger partial charge < -0.3 is 14.5 Å². The molecule has 5 nitrogen and oxygen atoms in total. The van der Waals surface area contributed by atoms with Crippen LogP contribution >= 0.6 is 11.3 Å². The van der Waals surface area contributed by atoms with Crippen molar-refractivity contribution in [2.75, 3.05) is 19.6 Å². The van der Waals surface area contributed by atoms with E-state index in [0.717, 1.165) is 48.4 Å². The van der Waals surface area contributed by atoms with E-state index in [-0.39, 0.29) is 0 Å². The highest BCUT2D eigenvalue weighted by Crippen LogP contribution is 2.24. The van der Waals surface area contributed by atoms with Gasteiger partial charge in [-0.1, -0.05) is 18.6 Å². The molecule has 1 N–H and O–H groups in total. The standard InChI is InChI=1S/C23H29N3O2S/c1-18-25-20(17-29-18)16-28-21-9-7-19(8-10-21)14-24-15-22(23-6-5-13-27-23)26-11-3-2-4-12-26/h5-10,13,17,22,24H,2-4,11-12,14-16H2,1H3. The number of nitrogens with one attached hydrogen (secondary N) is 1. The van der Waals surface area contributed by atoms with Gasteiger partial charge in [-0.2, -0.15) is 0 Å². The number of rotatable bonds is 9. The van der Waals surface area contributed by atoms with Crippen LogP contribution in [0.1, 0.15) is 47.3 Å². The molecule has 1 saturated heterocycles. The molecule has 1 atom stereocenters. The van der Waals surface area contributed by atoms with Crippen LogP contribution in [0.15, 0.2) is 52.5 Å². The molecule has 2 aromatic heterocycles. The van der Waals surface area contributed by atoms with E-state index in [0.29, 0.717) is 12.6 Å². The molecule has 1 aromatic carbocycles. The van der Waals surface area contributed by atoms with E-state index in [4.69, 9.17) is 9.15 Å². The van der Waals surface area contributed by atoms with Crippen molar-refractivity contribution in [2.45, 2.75) is 45.4 Å². The molecule has 1 aliphatic rings.